The van der Waals surface area contributed by atoms with Crippen molar-refractivity contribution >= 4 is 90.9 Å². The van der Waals surface area contributed by atoms with E-state index in [9.17, 15) is 0 Å². The van der Waals surface area contributed by atoms with Gasteiger partial charge in [0.05, 0.1) is 20.8 Å². The molecule has 3 heteroatoms. The predicted molar refractivity (Wildman–Crippen MR) is 241 cm³/mol. The molecule has 0 aliphatic rings. The summed E-state index contributed by atoms with van der Waals surface area (Å²) in [5.74, 6) is 0. The third-order valence-corrected chi connectivity index (χ3v) is 13.3. The Labute approximate surface area is 327 Å². The van der Waals surface area contributed by atoms with Crippen LogP contribution in [0.5, 0.6) is 0 Å². The molecule has 0 fully saturated rings. The number of benzene rings is 9. The average Bonchev–Trinajstić information content (AvgIpc) is 3.84. The Morgan fingerprint density at radius 3 is 1.33 bits per heavy atom. The number of nitrogens with zero attached hydrogens (tertiary/aromatic N) is 1. The fourth-order valence-electron chi connectivity index (χ4n) is 8.39. The van der Waals surface area contributed by atoms with E-state index in [2.05, 4.69) is 205 Å². The van der Waals surface area contributed by atoms with Crippen LogP contribution >= 0.6 is 22.7 Å². The maximum Gasteiger partial charge on any atom is 0.0640 e. The number of fused-ring (bicyclic) bond motifs is 7. The van der Waals surface area contributed by atoms with Gasteiger partial charge in [0.25, 0.3) is 0 Å². The maximum absolute atomic E-state index is 2.49. The number of anilines is 3. The predicted octanol–water partition coefficient (Wildman–Crippen LogP) is 16.0. The normalized spacial score (nSPS) is 11.6. The monoisotopic (exact) mass is 735 g/mol. The van der Waals surface area contributed by atoms with Crippen molar-refractivity contribution in [1.82, 2.24) is 0 Å². The molecule has 0 spiro atoms. The Bertz CT molecular complexity index is 3080. The minimum Gasteiger partial charge on any atom is -0.308 e. The summed E-state index contributed by atoms with van der Waals surface area (Å²) in [6.07, 6.45) is 0. The highest BCUT2D eigenvalue weighted by molar-refractivity contribution is 7.27. The van der Waals surface area contributed by atoms with Crippen LogP contribution in [0.4, 0.5) is 17.1 Å². The van der Waals surface area contributed by atoms with Gasteiger partial charge in [-0.1, -0.05) is 158 Å². The number of hydrogen-bond acceptors (Lipinski definition) is 3. The molecule has 2 heterocycles. The Balaban J connectivity index is 1.15. The first-order valence-electron chi connectivity index (χ1n) is 18.7. The molecule has 11 aromatic rings. The number of thiophene rings is 2. The quantitative estimate of drug-likeness (QED) is 0.164. The molecule has 0 atom stereocenters. The molecule has 11 rings (SSSR count). The molecular formula is C52H33NS2. The average molecular weight is 736 g/mol. The zero-order chi connectivity index (χ0) is 36.3. The van der Waals surface area contributed by atoms with Gasteiger partial charge in [-0.05, 0) is 86.6 Å². The second-order valence-corrected chi connectivity index (χ2v) is 16.1. The molecule has 0 aliphatic carbocycles. The van der Waals surface area contributed by atoms with Crippen molar-refractivity contribution in [2.45, 2.75) is 0 Å². The molecule has 0 unspecified atom stereocenters. The first kappa shape index (κ1) is 32.0. The SMILES string of the molecule is c1ccc(-c2cc(-c3ccccc3)c3ccccc3c2-c2ccc(N(c3cccc4c3sc3ccccc34)c3cccc4c3sc3ccccc34)cc2)cc1. The molecule has 1 nitrogen and oxygen atoms in total. The zero-order valence-electron chi connectivity index (χ0n) is 29.8. The lowest BCUT2D eigenvalue weighted by molar-refractivity contribution is 1.32. The molecule has 55 heavy (non-hydrogen) atoms. The summed E-state index contributed by atoms with van der Waals surface area (Å²) >= 11 is 3.76. The topological polar surface area (TPSA) is 3.24 Å². The van der Waals surface area contributed by atoms with Gasteiger partial charge in [-0.2, -0.15) is 0 Å². The number of hydrogen-bond donors (Lipinski definition) is 0. The van der Waals surface area contributed by atoms with Crippen molar-refractivity contribution in [2.75, 3.05) is 4.90 Å². The van der Waals surface area contributed by atoms with Crippen LogP contribution < -0.4 is 4.90 Å². The highest BCUT2D eigenvalue weighted by Crippen LogP contribution is 2.50. The minimum atomic E-state index is 1.13. The fourth-order valence-corrected chi connectivity index (χ4v) is 10.8. The summed E-state index contributed by atoms with van der Waals surface area (Å²) in [6, 6.07) is 73.3. The standard InChI is InChI=1S/C52H33NS2/c1-3-15-34(16-4-1)44-33-45(35-17-5-2-6-18-35)50(41-22-8-7-19-38(41)44)36-29-31-37(32-30-36)53(46-25-13-23-42-39-20-9-11-27-48(39)54-51(42)46)47-26-14-24-43-40-21-10-12-28-49(40)55-52(43)47/h1-33H. The maximum atomic E-state index is 2.49. The van der Waals surface area contributed by atoms with E-state index in [4.69, 9.17) is 0 Å². The van der Waals surface area contributed by atoms with Crippen molar-refractivity contribution < 1.29 is 0 Å². The fraction of sp³-hybridized carbons (Fsp3) is 0. The van der Waals surface area contributed by atoms with Gasteiger partial charge < -0.3 is 4.90 Å². The van der Waals surface area contributed by atoms with Gasteiger partial charge in [-0.15, -0.1) is 22.7 Å². The van der Waals surface area contributed by atoms with Gasteiger partial charge >= 0.3 is 0 Å². The summed E-state index contributed by atoms with van der Waals surface area (Å²) in [5.41, 5.74) is 10.9. The van der Waals surface area contributed by atoms with Crippen LogP contribution in [-0.4, -0.2) is 0 Å². The Hall–Kier alpha value is -6.52. The van der Waals surface area contributed by atoms with Gasteiger partial charge in [0.15, 0.2) is 0 Å². The van der Waals surface area contributed by atoms with E-state index < -0.39 is 0 Å². The van der Waals surface area contributed by atoms with Crippen LogP contribution in [0.3, 0.4) is 0 Å². The van der Waals surface area contributed by atoms with Crippen LogP contribution in [0.1, 0.15) is 0 Å². The van der Waals surface area contributed by atoms with E-state index in [0.29, 0.717) is 0 Å². The van der Waals surface area contributed by atoms with E-state index >= 15 is 0 Å². The summed E-state index contributed by atoms with van der Waals surface area (Å²) in [4.78, 5) is 2.49. The van der Waals surface area contributed by atoms with E-state index in [0.717, 1.165) is 5.69 Å². The van der Waals surface area contributed by atoms with E-state index in [1.54, 1.807) is 0 Å². The van der Waals surface area contributed by atoms with Gasteiger partial charge in [0.1, 0.15) is 0 Å². The lowest BCUT2D eigenvalue weighted by atomic mass is 9.85. The molecule has 9 aromatic carbocycles. The molecule has 0 aliphatic heterocycles. The smallest absolute Gasteiger partial charge is 0.0640 e. The third-order valence-electron chi connectivity index (χ3n) is 10.9. The molecule has 0 N–H and O–H groups in total. The first-order chi connectivity index (χ1) is 27.3. The van der Waals surface area contributed by atoms with E-state index in [1.807, 2.05) is 22.7 Å². The van der Waals surface area contributed by atoms with Crippen molar-refractivity contribution in [3.63, 3.8) is 0 Å². The second-order valence-electron chi connectivity index (χ2n) is 14.0. The van der Waals surface area contributed by atoms with Crippen molar-refractivity contribution in [3.05, 3.63) is 200 Å². The highest BCUT2D eigenvalue weighted by Gasteiger charge is 2.22. The van der Waals surface area contributed by atoms with Crippen molar-refractivity contribution in [3.8, 4) is 33.4 Å². The zero-order valence-corrected chi connectivity index (χ0v) is 31.4. The Morgan fingerprint density at radius 2 is 0.764 bits per heavy atom. The molecular weight excluding hydrogens is 703 g/mol. The summed E-state index contributed by atoms with van der Waals surface area (Å²) in [5, 5.41) is 7.69. The summed E-state index contributed by atoms with van der Waals surface area (Å²) in [7, 11) is 0. The van der Waals surface area contributed by atoms with Gasteiger partial charge in [-0.3, -0.25) is 0 Å². The molecule has 0 bridgehead atoms. The lowest BCUT2D eigenvalue weighted by Crippen LogP contribution is -2.10. The van der Waals surface area contributed by atoms with Crippen LogP contribution in [-0.2, 0) is 0 Å². The second kappa shape index (κ2) is 13.1. The third kappa shape index (κ3) is 5.27. The van der Waals surface area contributed by atoms with Gasteiger partial charge in [-0.25, -0.2) is 0 Å². The van der Waals surface area contributed by atoms with Crippen LogP contribution in [0.2, 0.25) is 0 Å². The van der Waals surface area contributed by atoms with Crippen LogP contribution in [0, 0.1) is 0 Å². The molecule has 0 saturated carbocycles. The largest absolute Gasteiger partial charge is 0.308 e. The van der Waals surface area contributed by atoms with Crippen molar-refractivity contribution in [1.29, 1.82) is 0 Å². The van der Waals surface area contributed by atoms with Gasteiger partial charge in [0, 0.05) is 36.6 Å². The molecule has 2 aromatic heterocycles. The summed E-state index contributed by atoms with van der Waals surface area (Å²) in [6.45, 7) is 0. The Morgan fingerprint density at radius 1 is 0.309 bits per heavy atom. The van der Waals surface area contributed by atoms with Crippen LogP contribution in [0.25, 0.3) is 84.5 Å². The molecule has 0 amide bonds. The summed E-state index contributed by atoms with van der Waals surface area (Å²) < 4.78 is 5.19. The molecule has 0 radical (unpaired) electrons. The van der Waals surface area contributed by atoms with Crippen LogP contribution in [0.15, 0.2) is 200 Å². The number of rotatable bonds is 6. The van der Waals surface area contributed by atoms with E-state index in [1.165, 1.54) is 95.9 Å². The first-order valence-corrected chi connectivity index (χ1v) is 20.3. The highest BCUT2D eigenvalue weighted by atomic mass is 32.1. The van der Waals surface area contributed by atoms with E-state index in [-0.39, 0.29) is 0 Å². The molecule has 0 saturated heterocycles. The lowest BCUT2D eigenvalue weighted by Gasteiger charge is -2.27. The Kier molecular flexibility index (Phi) is 7.61. The van der Waals surface area contributed by atoms with Crippen molar-refractivity contribution in [2.24, 2.45) is 0 Å². The van der Waals surface area contributed by atoms with Gasteiger partial charge in [0.2, 0.25) is 0 Å². The molecule has 258 valence electrons. The minimum absolute atomic E-state index is 1.13.